The molecular weight excluding hydrogens is 256 g/mol. The molecular formula is C14H14N4O2. The van der Waals surface area contributed by atoms with E-state index in [2.05, 4.69) is 21.0 Å². The average Bonchev–Trinajstić information content (AvgIpc) is 2.53. The van der Waals surface area contributed by atoms with E-state index in [0.717, 1.165) is 24.5 Å². The number of rotatable bonds is 7. The molecule has 0 amide bonds. The Labute approximate surface area is 116 Å². The number of nitrogens with zero attached hydrogens (tertiary/aromatic N) is 2. The number of hydrogen-bond acceptors (Lipinski definition) is 6. The quantitative estimate of drug-likeness (QED) is 0.588. The predicted octanol–water partition coefficient (Wildman–Crippen LogP) is 4.01. The van der Waals surface area contributed by atoms with Crippen LogP contribution in [0.3, 0.4) is 0 Å². The lowest BCUT2D eigenvalue weighted by Crippen LogP contribution is -2.13. The smallest absolute Gasteiger partial charge is 0.108 e. The zero-order valence-corrected chi connectivity index (χ0v) is 10.7. The Balaban J connectivity index is 1.74. The zero-order valence-electron chi connectivity index (χ0n) is 10.7. The van der Waals surface area contributed by atoms with Crippen LogP contribution in [0.1, 0.15) is 0 Å². The van der Waals surface area contributed by atoms with E-state index in [-0.39, 0.29) is 0 Å². The topological polar surface area (TPSA) is 82.9 Å². The van der Waals surface area contributed by atoms with Gasteiger partial charge in [0.2, 0.25) is 0 Å². The molecule has 0 saturated carbocycles. The molecule has 0 saturated heterocycles. The summed E-state index contributed by atoms with van der Waals surface area (Å²) in [5.74, 6) is 0. The van der Waals surface area contributed by atoms with Crippen LogP contribution in [-0.4, -0.2) is 13.1 Å². The molecule has 20 heavy (non-hydrogen) atoms. The van der Waals surface area contributed by atoms with Crippen molar-refractivity contribution in [2.75, 3.05) is 23.7 Å². The number of nitrogens with one attached hydrogen (secondary N) is 2. The predicted molar refractivity (Wildman–Crippen MR) is 80.8 cm³/mol. The minimum atomic E-state index is 0.414. The number of anilines is 2. The van der Waals surface area contributed by atoms with Gasteiger partial charge in [0.25, 0.3) is 0 Å². The van der Waals surface area contributed by atoms with Gasteiger partial charge >= 0.3 is 0 Å². The first kappa shape index (κ1) is 13.7. The molecule has 2 aromatic rings. The van der Waals surface area contributed by atoms with Crippen LogP contribution >= 0.6 is 0 Å². The van der Waals surface area contributed by atoms with Crippen molar-refractivity contribution in [3.8, 4) is 0 Å². The highest BCUT2D eigenvalue weighted by atomic mass is 16.3. The third-order valence-corrected chi connectivity index (χ3v) is 2.73. The highest BCUT2D eigenvalue weighted by molar-refractivity contribution is 5.52. The molecule has 2 rings (SSSR count). The van der Waals surface area contributed by atoms with Crippen molar-refractivity contribution in [1.29, 1.82) is 0 Å². The number of benzene rings is 2. The van der Waals surface area contributed by atoms with E-state index in [9.17, 15) is 9.81 Å². The summed E-state index contributed by atoms with van der Waals surface area (Å²) in [5, 5.41) is 12.1. The second-order valence-electron chi connectivity index (χ2n) is 4.13. The molecule has 2 N–H and O–H groups in total. The van der Waals surface area contributed by atoms with E-state index in [1.807, 2.05) is 0 Å². The minimum Gasteiger partial charge on any atom is -0.383 e. The van der Waals surface area contributed by atoms with Gasteiger partial charge < -0.3 is 10.6 Å². The van der Waals surface area contributed by atoms with Crippen LogP contribution < -0.4 is 10.6 Å². The fourth-order valence-corrected chi connectivity index (χ4v) is 1.69. The average molecular weight is 270 g/mol. The summed E-state index contributed by atoms with van der Waals surface area (Å²) in [6.07, 6.45) is 0. The molecule has 0 spiro atoms. The van der Waals surface area contributed by atoms with Gasteiger partial charge in [-0.1, -0.05) is 0 Å². The molecule has 0 aliphatic carbocycles. The van der Waals surface area contributed by atoms with Crippen molar-refractivity contribution in [2.45, 2.75) is 0 Å². The first-order valence-corrected chi connectivity index (χ1v) is 6.16. The van der Waals surface area contributed by atoms with Crippen molar-refractivity contribution < 1.29 is 0 Å². The Bertz CT molecular complexity index is 513. The lowest BCUT2D eigenvalue weighted by atomic mass is 10.3. The largest absolute Gasteiger partial charge is 0.383 e. The van der Waals surface area contributed by atoms with Gasteiger partial charge in [0.1, 0.15) is 11.4 Å². The van der Waals surface area contributed by atoms with Gasteiger partial charge in [-0.2, -0.15) is 0 Å². The lowest BCUT2D eigenvalue weighted by molar-refractivity contribution is 1.08. The highest BCUT2D eigenvalue weighted by Crippen LogP contribution is 2.16. The van der Waals surface area contributed by atoms with Crippen molar-refractivity contribution in [3.05, 3.63) is 58.3 Å². The second kappa shape index (κ2) is 6.98. The van der Waals surface area contributed by atoms with Crippen molar-refractivity contribution in [1.82, 2.24) is 0 Å². The lowest BCUT2D eigenvalue weighted by Gasteiger charge is -2.08. The normalized spacial score (nSPS) is 9.80. The van der Waals surface area contributed by atoms with Gasteiger partial charge in [0.15, 0.2) is 0 Å². The Hall–Kier alpha value is -2.76. The van der Waals surface area contributed by atoms with Crippen molar-refractivity contribution in [3.63, 3.8) is 0 Å². The molecule has 6 nitrogen and oxygen atoms in total. The standard InChI is InChI=1S/C14H14N4O2/c19-17-13-5-1-11(2-6-13)15-9-10-16-12-3-7-14(18-20)8-4-12/h1-8,15-16H,9-10H2. The summed E-state index contributed by atoms with van der Waals surface area (Å²) < 4.78 is 0. The van der Waals surface area contributed by atoms with Crippen LogP contribution in [0.25, 0.3) is 0 Å². The minimum absolute atomic E-state index is 0.414. The first-order chi connectivity index (χ1) is 9.81. The van der Waals surface area contributed by atoms with Gasteiger partial charge in [-0.15, -0.1) is 9.81 Å². The molecule has 0 atom stereocenters. The Morgan fingerprint density at radius 3 is 1.30 bits per heavy atom. The summed E-state index contributed by atoms with van der Waals surface area (Å²) in [4.78, 5) is 20.5. The molecule has 0 radical (unpaired) electrons. The Kier molecular flexibility index (Phi) is 4.77. The summed E-state index contributed by atoms with van der Waals surface area (Å²) in [6.45, 7) is 1.45. The Morgan fingerprint density at radius 1 is 0.650 bits per heavy atom. The SMILES string of the molecule is O=Nc1ccc(NCCNc2ccc(N=O)cc2)cc1. The van der Waals surface area contributed by atoms with E-state index in [0.29, 0.717) is 11.4 Å². The van der Waals surface area contributed by atoms with E-state index in [4.69, 9.17) is 0 Å². The van der Waals surface area contributed by atoms with Crippen molar-refractivity contribution >= 4 is 22.7 Å². The van der Waals surface area contributed by atoms with Gasteiger partial charge in [-0.3, -0.25) is 0 Å². The fraction of sp³-hybridized carbons (Fsp3) is 0.143. The molecule has 2 aromatic carbocycles. The van der Waals surface area contributed by atoms with Gasteiger partial charge in [0, 0.05) is 24.5 Å². The van der Waals surface area contributed by atoms with Gasteiger partial charge in [0.05, 0.1) is 0 Å². The highest BCUT2D eigenvalue weighted by Gasteiger charge is 1.95. The maximum atomic E-state index is 10.3. The zero-order chi connectivity index (χ0) is 14.2. The molecule has 0 fully saturated rings. The van der Waals surface area contributed by atoms with E-state index in [1.54, 1.807) is 48.5 Å². The molecule has 0 aromatic heterocycles. The van der Waals surface area contributed by atoms with Crippen LogP contribution in [0.4, 0.5) is 22.7 Å². The molecule has 6 heteroatoms. The van der Waals surface area contributed by atoms with Crippen molar-refractivity contribution in [2.24, 2.45) is 10.4 Å². The number of nitroso groups, excluding NO2 is 2. The summed E-state index contributed by atoms with van der Waals surface area (Å²) in [6, 6.07) is 13.9. The van der Waals surface area contributed by atoms with E-state index >= 15 is 0 Å². The van der Waals surface area contributed by atoms with Crippen LogP contribution in [0, 0.1) is 9.81 Å². The maximum Gasteiger partial charge on any atom is 0.108 e. The van der Waals surface area contributed by atoms with Crippen LogP contribution in [0.15, 0.2) is 58.9 Å². The van der Waals surface area contributed by atoms with Gasteiger partial charge in [-0.25, -0.2) is 0 Å². The molecule has 0 unspecified atom stereocenters. The van der Waals surface area contributed by atoms with E-state index in [1.165, 1.54) is 0 Å². The third-order valence-electron chi connectivity index (χ3n) is 2.73. The van der Waals surface area contributed by atoms with E-state index < -0.39 is 0 Å². The van der Waals surface area contributed by atoms with Crippen LogP contribution in [0.2, 0.25) is 0 Å². The second-order valence-corrected chi connectivity index (χ2v) is 4.13. The third kappa shape index (κ3) is 3.88. The maximum absolute atomic E-state index is 10.3. The monoisotopic (exact) mass is 270 g/mol. The summed E-state index contributed by atoms with van der Waals surface area (Å²) >= 11 is 0. The molecule has 0 bridgehead atoms. The molecule has 102 valence electrons. The molecule has 0 heterocycles. The van der Waals surface area contributed by atoms with Crippen LogP contribution in [0.5, 0.6) is 0 Å². The molecule has 0 aliphatic rings. The number of hydrogen-bond donors (Lipinski definition) is 2. The Morgan fingerprint density at radius 2 is 1.00 bits per heavy atom. The molecule has 0 aliphatic heterocycles. The van der Waals surface area contributed by atoms with Crippen LogP contribution in [-0.2, 0) is 0 Å². The summed E-state index contributed by atoms with van der Waals surface area (Å²) in [5.41, 5.74) is 2.69. The first-order valence-electron chi connectivity index (χ1n) is 6.16. The fourth-order valence-electron chi connectivity index (χ4n) is 1.69. The summed E-state index contributed by atoms with van der Waals surface area (Å²) in [7, 11) is 0. The van der Waals surface area contributed by atoms with Gasteiger partial charge in [-0.05, 0) is 58.9 Å².